The van der Waals surface area contributed by atoms with Crippen LogP contribution in [-0.4, -0.2) is 12.6 Å². The fourth-order valence-corrected chi connectivity index (χ4v) is 1.04. The van der Waals surface area contributed by atoms with Crippen molar-refractivity contribution in [3.8, 4) is 0 Å². The smallest absolute Gasteiger partial charge is 0.338 e. The third kappa shape index (κ3) is 2.14. The first-order valence-electron chi connectivity index (χ1n) is 4.22. The van der Waals surface area contributed by atoms with Crippen LogP contribution in [0.3, 0.4) is 0 Å². The Labute approximate surface area is 82.0 Å². The topological polar surface area (TPSA) is 90.4 Å². The minimum atomic E-state index is -0.386. The van der Waals surface area contributed by atoms with Gasteiger partial charge in [-0.3, -0.25) is 5.84 Å². The Hall–Kier alpha value is -1.75. The summed E-state index contributed by atoms with van der Waals surface area (Å²) < 4.78 is 4.81. The van der Waals surface area contributed by atoms with Crippen LogP contribution in [0.25, 0.3) is 0 Å². The number of esters is 1. The van der Waals surface area contributed by atoms with E-state index in [4.69, 9.17) is 16.3 Å². The van der Waals surface area contributed by atoms with Crippen LogP contribution in [0.2, 0.25) is 0 Å². The quantitative estimate of drug-likeness (QED) is 0.286. The SMILES string of the molecule is CCOC(=O)c1ccc(NN)c(N)c1. The first kappa shape index (κ1) is 10.3. The summed E-state index contributed by atoms with van der Waals surface area (Å²) in [6.45, 7) is 2.09. The maximum Gasteiger partial charge on any atom is 0.338 e. The van der Waals surface area contributed by atoms with Gasteiger partial charge < -0.3 is 15.9 Å². The molecular formula is C9H13N3O2. The van der Waals surface area contributed by atoms with Gasteiger partial charge in [-0.25, -0.2) is 4.79 Å². The monoisotopic (exact) mass is 195 g/mol. The Kier molecular flexibility index (Phi) is 3.30. The number of hydrogen-bond donors (Lipinski definition) is 3. The van der Waals surface area contributed by atoms with Crippen LogP contribution in [0.1, 0.15) is 17.3 Å². The van der Waals surface area contributed by atoms with Crippen LogP contribution >= 0.6 is 0 Å². The summed E-state index contributed by atoms with van der Waals surface area (Å²) in [4.78, 5) is 11.3. The van der Waals surface area contributed by atoms with E-state index in [1.165, 1.54) is 6.07 Å². The Balaban J connectivity index is 2.91. The van der Waals surface area contributed by atoms with E-state index in [0.29, 0.717) is 23.5 Å². The molecule has 1 aromatic rings. The zero-order chi connectivity index (χ0) is 10.6. The Bertz CT molecular complexity index is 339. The van der Waals surface area contributed by atoms with Crippen LogP contribution < -0.4 is 17.0 Å². The van der Waals surface area contributed by atoms with E-state index in [-0.39, 0.29) is 5.97 Å². The number of carbonyl (C=O) groups is 1. The van der Waals surface area contributed by atoms with Gasteiger partial charge in [0, 0.05) is 0 Å². The van der Waals surface area contributed by atoms with E-state index in [9.17, 15) is 4.79 Å². The van der Waals surface area contributed by atoms with Gasteiger partial charge in [-0.2, -0.15) is 0 Å². The van der Waals surface area contributed by atoms with E-state index >= 15 is 0 Å². The summed E-state index contributed by atoms with van der Waals surface area (Å²) in [7, 11) is 0. The van der Waals surface area contributed by atoms with Crippen LogP contribution in [0, 0.1) is 0 Å². The molecule has 0 saturated heterocycles. The number of nitrogens with one attached hydrogen (secondary N) is 1. The zero-order valence-corrected chi connectivity index (χ0v) is 7.91. The molecule has 0 bridgehead atoms. The molecule has 1 rings (SSSR count). The van der Waals surface area contributed by atoms with Crippen LogP contribution in [0.15, 0.2) is 18.2 Å². The lowest BCUT2D eigenvalue weighted by atomic mass is 10.2. The molecule has 0 aliphatic heterocycles. The minimum Gasteiger partial charge on any atom is -0.462 e. The van der Waals surface area contributed by atoms with Crippen molar-refractivity contribution in [2.75, 3.05) is 17.8 Å². The number of benzene rings is 1. The predicted molar refractivity (Wildman–Crippen MR) is 54.6 cm³/mol. The number of hydrogen-bond acceptors (Lipinski definition) is 5. The van der Waals surface area contributed by atoms with Gasteiger partial charge in [0.15, 0.2) is 0 Å². The molecule has 0 radical (unpaired) electrons. The fraction of sp³-hybridized carbons (Fsp3) is 0.222. The number of rotatable bonds is 3. The lowest BCUT2D eigenvalue weighted by molar-refractivity contribution is 0.0526. The average molecular weight is 195 g/mol. The Morgan fingerprint density at radius 1 is 1.57 bits per heavy atom. The van der Waals surface area contributed by atoms with Crippen molar-refractivity contribution in [2.45, 2.75) is 6.92 Å². The number of hydrazine groups is 1. The second kappa shape index (κ2) is 4.48. The van der Waals surface area contributed by atoms with Gasteiger partial charge >= 0.3 is 5.97 Å². The van der Waals surface area contributed by atoms with E-state index in [0.717, 1.165) is 0 Å². The van der Waals surface area contributed by atoms with Gasteiger partial charge in [-0.1, -0.05) is 0 Å². The molecule has 0 atom stereocenters. The average Bonchev–Trinajstić information content (AvgIpc) is 2.18. The molecule has 0 spiro atoms. The second-order valence-corrected chi connectivity index (χ2v) is 2.67. The van der Waals surface area contributed by atoms with Crippen molar-refractivity contribution in [2.24, 2.45) is 5.84 Å². The van der Waals surface area contributed by atoms with Crippen molar-refractivity contribution in [3.63, 3.8) is 0 Å². The number of carbonyl (C=O) groups excluding carboxylic acids is 1. The second-order valence-electron chi connectivity index (χ2n) is 2.67. The molecule has 0 aromatic heterocycles. The molecule has 5 heteroatoms. The van der Waals surface area contributed by atoms with E-state index in [1.807, 2.05) is 0 Å². The highest BCUT2D eigenvalue weighted by atomic mass is 16.5. The molecule has 0 fully saturated rings. The number of anilines is 2. The summed E-state index contributed by atoms with van der Waals surface area (Å²) in [6, 6.07) is 4.75. The highest BCUT2D eigenvalue weighted by molar-refractivity contribution is 5.91. The van der Waals surface area contributed by atoms with Crippen molar-refractivity contribution in [3.05, 3.63) is 23.8 Å². The highest BCUT2D eigenvalue weighted by Gasteiger charge is 2.07. The molecule has 0 saturated carbocycles. The Morgan fingerprint density at radius 3 is 2.79 bits per heavy atom. The van der Waals surface area contributed by atoms with Crippen molar-refractivity contribution >= 4 is 17.3 Å². The lowest BCUT2D eigenvalue weighted by Gasteiger charge is -2.06. The normalized spacial score (nSPS) is 9.57. The van der Waals surface area contributed by atoms with Crippen LogP contribution in [0.5, 0.6) is 0 Å². The van der Waals surface area contributed by atoms with Gasteiger partial charge in [0.1, 0.15) is 0 Å². The first-order valence-corrected chi connectivity index (χ1v) is 4.22. The molecule has 5 nitrogen and oxygen atoms in total. The van der Waals surface area contributed by atoms with Gasteiger partial charge in [-0.15, -0.1) is 0 Å². The molecule has 0 amide bonds. The summed E-state index contributed by atoms with van der Waals surface area (Å²) in [5, 5.41) is 0. The molecule has 0 aliphatic rings. The van der Waals surface area contributed by atoms with Gasteiger partial charge in [0.25, 0.3) is 0 Å². The zero-order valence-electron chi connectivity index (χ0n) is 7.91. The van der Waals surface area contributed by atoms with Crippen molar-refractivity contribution in [1.82, 2.24) is 0 Å². The summed E-state index contributed by atoms with van der Waals surface area (Å²) in [6.07, 6.45) is 0. The van der Waals surface area contributed by atoms with E-state index in [1.54, 1.807) is 19.1 Å². The van der Waals surface area contributed by atoms with Gasteiger partial charge in [0.2, 0.25) is 0 Å². The predicted octanol–water partition coefficient (Wildman–Crippen LogP) is 0.731. The molecule has 14 heavy (non-hydrogen) atoms. The van der Waals surface area contributed by atoms with Crippen molar-refractivity contribution in [1.29, 1.82) is 0 Å². The first-order chi connectivity index (χ1) is 6.69. The number of nitrogen functional groups attached to an aromatic ring is 2. The lowest BCUT2D eigenvalue weighted by Crippen LogP contribution is -2.10. The molecule has 0 unspecified atom stereocenters. The third-order valence-corrected chi connectivity index (χ3v) is 1.72. The number of ether oxygens (including phenoxy) is 1. The van der Waals surface area contributed by atoms with Gasteiger partial charge in [0.05, 0.1) is 23.5 Å². The summed E-state index contributed by atoms with van der Waals surface area (Å²) in [5.74, 6) is 4.80. The largest absolute Gasteiger partial charge is 0.462 e. The molecule has 0 heterocycles. The number of nitrogens with two attached hydrogens (primary N) is 2. The molecular weight excluding hydrogens is 182 g/mol. The van der Waals surface area contributed by atoms with Crippen molar-refractivity contribution < 1.29 is 9.53 Å². The van der Waals surface area contributed by atoms with Crippen LogP contribution in [-0.2, 0) is 4.74 Å². The van der Waals surface area contributed by atoms with Crippen LogP contribution in [0.4, 0.5) is 11.4 Å². The van der Waals surface area contributed by atoms with E-state index < -0.39 is 0 Å². The molecule has 76 valence electrons. The maximum absolute atomic E-state index is 11.3. The fourth-order valence-electron chi connectivity index (χ4n) is 1.04. The minimum absolute atomic E-state index is 0.343. The standard InChI is InChI=1S/C9H13N3O2/c1-2-14-9(13)6-3-4-8(12-11)7(10)5-6/h3-5,12H,2,10-11H2,1H3. The third-order valence-electron chi connectivity index (χ3n) is 1.72. The maximum atomic E-state index is 11.3. The summed E-state index contributed by atoms with van der Waals surface area (Å²) in [5.41, 5.74) is 9.45. The Morgan fingerprint density at radius 2 is 2.29 bits per heavy atom. The molecule has 0 aliphatic carbocycles. The van der Waals surface area contributed by atoms with Gasteiger partial charge in [-0.05, 0) is 25.1 Å². The molecule has 5 N–H and O–H groups in total. The molecule has 1 aromatic carbocycles. The highest BCUT2D eigenvalue weighted by Crippen LogP contribution is 2.18. The summed E-state index contributed by atoms with van der Waals surface area (Å²) >= 11 is 0. The van der Waals surface area contributed by atoms with E-state index in [2.05, 4.69) is 5.43 Å².